The molecule has 0 spiro atoms. The van der Waals surface area contributed by atoms with Crippen molar-refractivity contribution in [2.45, 2.75) is 0 Å². The van der Waals surface area contributed by atoms with Crippen molar-refractivity contribution in [1.82, 2.24) is 0 Å². The van der Waals surface area contributed by atoms with Crippen molar-refractivity contribution < 1.29 is 0 Å². The first-order valence-electron chi connectivity index (χ1n) is 16.2. The molecule has 1 heterocycles. The molecule has 0 saturated heterocycles. The van der Waals surface area contributed by atoms with Gasteiger partial charge in [0.1, 0.15) is 0 Å². The van der Waals surface area contributed by atoms with Crippen LogP contribution in [0.1, 0.15) is 0 Å². The second-order valence-corrected chi connectivity index (χ2v) is 13.5. The lowest BCUT2D eigenvalue weighted by molar-refractivity contribution is 1.63. The van der Waals surface area contributed by atoms with Gasteiger partial charge in [-0.05, 0) is 101 Å². The zero-order valence-corrected chi connectivity index (χ0v) is 26.4. The molecule has 47 heavy (non-hydrogen) atoms. The van der Waals surface area contributed by atoms with Crippen molar-refractivity contribution in [2.75, 3.05) is 0 Å². The van der Waals surface area contributed by atoms with E-state index in [9.17, 15) is 0 Å². The van der Waals surface area contributed by atoms with Crippen LogP contribution in [0.5, 0.6) is 0 Å². The summed E-state index contributed by atoms with van der Waals surface area (Å²) < 4.78 is 2.68. The molecule has 10 rings (SSSR count). The van der Waals surface area contributed by atoms with E-state index in [2.05, 4.69) is 170 Å². The van der Waals surface area contributed by atoms with Crippen molar-refractivity contribution >= 4 is 74.6 Å². The van der Waals surface area contributed by atoms with Crippen molar-refractivity contribution in [3.8, 4) is 33.4 Å². The summed E-state index contributed by atoms with van der Waals surface area (Å²) in [4.78, 5) is 0. The van der Waals surface area contributed by atoms with Gasteiger partial charge in [-0.15, -0.1) is 11.3 Å². The van der Waals surface area contributed by atoms with E-state index in [1.165, 1.54) is 96.6 Å². The summed E-state index contributed by atoms with van der Waals surface area (Å²) in [5.74, 6) is 0. The lowest BCUT2D eigenvalue weighted by Gasteiger charge is -2.18. The van der Waals surface area contributed by atoms with Gasteiger partial charge in [-0.2, -0.15) is 0 Å². The van der Waals surface area contributed by atoms with E-state index < -0.39 is 0 Å². The molecule has 0 N–H and O–H groups in total. The smallest absolute Gasteiger partial charge is 0.0362 e. The summed E-state index contributed by atoms with van der Waals surface area (Å²) >= 11 is 1.90. The summed E-state index contributed by atoms with van der Waals surface area (Å²) in [6, 6.07) is 62.7. The van der Waals surface area contributed by atoms with Gasteiger partial charge in [-0.3, -0.25) is 0 Å². The number of rotatable bonds is 3. The van der Waals surface area contributed by atoms with Crippen molar-refractivity contribution in [2.24, 2.45) is 0 Å². The summed E-state index contributed by atoms with van der Waals surface area (Å²) in [7, 11) is 0. The maximum atomic E-state index is 2.42. The van der Waals surface area contributed by atoms with Gasteiger partial charge in [0.25, 0.3) is 0 Å². The third kappa shape index (κ3) is 4.07. The lowest BCUT2D eigenvalue weighted by Crippen LogP contribution is -1.91. The lowest BCUT2D eigenvalue weighted by atomic mass is 9.85. The Morgan fingerprint density at radius 3 is 1.62 bits per heavy atom. The summed E-state index contributed by atoms with van der Waals surface area (Å²) in [5, 5.41) is 13.0. The zero-order chi connectivity index (χ0) is 30.9. The van der Waals surface area contributed by atoms with E-state index in [4.69, 9.17) is 0 Å². The third-order valence-electron chi connectivity index (χ3n) is 9.82. The number of thiophene rings is 1. The average Bonchev–Trinajstić information content (AvgIpc) is 3.51. The van der Waals surface area contributed by atoms with Gasteiger partial charge in [-0.1, -0.05) is 146 Å². The first-order valence-corrected chi connectivity index (χ1v) is 17.0. The Labute approximate surface area is 276 Å². The minimum atomic E-state index is 1.24. The van der Waals surface area contributed by atoms with E-state index >= 15 is 0 Å². The van der Waals surface area contributed by atoms with Gasteiger partial charge in [0.2, 0.25) is 0 Å². The van der Waals surface area contributed by atoms with Gasteiger partial charge < -0.3 is 0 Å². The second kappa shape index (κ2) is 10.4. The Morgan fingerprint density at radius 2 is 0.872 bits per heavy atom. The fourth-order valence-corrected chi connectivity index (χ4v) is 8.91. The number of hydrogen-bond acceptors (Lipinski definition) is 1. The highest BCUT2D eigenvalue weighted by atomic mass is 32.1. The minimum Gasteiger partial charge on any atom is -0.135 e. The molecule has 0 radical (unpaired) electrons. The predicted molar refractivity (Wildman–Crippen MR) is 206 cm³/mol. The highest BCUT2D eigenvalue weighted by molar-refractivity contribution is 7.26. The molecule has 10 aromatic rings. The quantitative estimate of drug-likeness (QED) is 0.174. The summed E-state index contributed by atoms with van der Waals surface area (Å²) in [5.41, 5.74) is 7.57. The Kier molecular flexibility index (Phi) is 5.85. The Balaban J connectivity index is 1.21. The molecule has 0 aliphatic carbocycles. The number of benzene rings is 9. The third-order valence-corrected chi connectivity index (χ3v) is 10.9. The topological polar surface area (TPSA) is 0 Å². The molecule has 0 fully saturated rings. The van der Waals surface area contributed by atoms with Crippen LogP contribution in [0.4, 0.5) is 0 Å². The largest absolute Gasteiger partial charge is 0.135 e. The Bertz CT molecular complexity index is 2780. The molecule has 1 heteroatoms. The highest BCUT2D eigenvalue weighted by Gasteiger charge is 2.17. The van der Waals surface area contributed by atoms with Crippen LogP contribution in [0.3, 0.4) is 0 Å². The summed E-state index contributed by atoms with van der Waals surface area (Å²) in [6.07, 6.45) is 0. The molecule has 9 aromatic carbocycles. The van der Waals surface area contributed by atoms with Crippen LogP contribution < -0.4 is 0 Å². The SMILES string of the molecule is c1ccc(-c2c3ccccc3c(-c3cccc(-c4cccc5cc6c(cc45)sc4ccc5ccccc5c46)c3)c3ccccc23)cc1. The molecular formula is C46H28S. The predicted octanol–water partition coefficient (Wildman–Crippen LogP) is 13.7. The van der Waals surface area contributed by atoms with Crippen LogP contribution in [0.2, 0.25) is 0 Å². The van der Waals surface area contributed by atoms with E-state index in [1.54, 1.807) is 0 Å². The van der Waals surface area contributed by atoms with Crippen LogP contribution in [-0.2, 0) is 0 Å². The Hall–Kier alpha value is -5.76. The maximum absolute atomic E-state index is 2.42. The van der Waals surface area contributed by atoms with Gasteiger partial charge in [0.05, 0.1) is 0 Å². The van der Waals surface area contributed by atoms with E-state index in [0.717, 1.165) is 0 Å². The Morgan fingerprint density at radius 1 is 0.298 bits per heavy atom. The average molecular weight is 613 g/mol. The first kappa shape index (κ1) is 26.5. The van der Waals surface area contributed by atoms with Crippen LogP contribution in [0.15, 0.2) is 170 Å². The molecule has 0 aliphatic heterocycles. The van der Waals surface area contributed by atoms with E-state index in [-0.39, 0.29) is 0 Å². The van der Waals surface area contributed by atoms with Crippen LogP contribution in [0.25, 0.3) is 96.6 Å². The molecule has 0 bridgehead atoms. The molecule has 0 unspecified atom stereocenters. The fraction of sp³-hybridized carbons (Fsp3) is 0. The maximum Gasteiger partial charge on any atom is 0.0362 e. The van der Waals surface area contributed by atoms with Crippen LogP contribution >= 0.6 is 11.3 Å². The molecule has 0 saturated carbocycles. The number of fused-ring (bicyclic) bond motifs is 8. The highest BCUT2D eigenvalue weighted by Crippen LogP contribution is 2.45. The van der Waals surface area contributed by atoms with Crippen molar-refractivity contribution in [1.29, 1.82) is 0 Å². The molecule has 0 amide bonds. The van der Waals surface area contributed by atoms with Gasteiger partial charge in [0.15, 0.2) is 0 Å². The second-order valence-electron chi connectivity index (χ2n) is 12.4. The summed E-state index contributed by atoms with van der Waals surface area (Å²) in [6.45, 7) is 0. The normalized spacial score (nSPS) is 11.8. The van der Waals surface area contributed by atoms with Gasteiger partial charge in [0, 0.05) is 20.2 Å². The molecule has 0 nitrogen and oxygen atoms in total. The fourth-order valence-electron chi connectivity index (χ4n) is 7.77. The van der Waals surface area contributed by atoms with Gasteiger partial charge in [-0.25, -0.2) is 0 Å². The molecule has 0 aliphatic rings. The van der Waals surface area contributed by atoms with Crippen molar-refractivity contribution in [3.05, 3.63) is 170 Å². The van der Waals surface area contributed by atoms with Gasteiger partial charge >= 0.3 is 0 Å². The minimum absolute atomic E-state index is 1.24. The van der Waals surface area contributed by atoms with E-state index in [0.29, 0.717) is 0 Å². The van der Waals surface area contributed by atoms with Crippen LogP contribution in [-0.4, -0.2) is 0 Å². The monoisotopic (exact) mass is 612 g/mol. The zero-order valence-electron chi connectivity index (χ0n) is 25.6. The number of hydrogen-bond donors (Lipinski definition) is 0. The van der Waals surface area contributed by atoms with E-state index in [1.807, 2.05) is 11.3 Å². The molecule has 0 atom stereocenters. The molecule has 218 valence electrons. The molecular weight excluding hydrogens is 585 g/mol. The first-order chi connectivity index (χ1) is 23.3. The standard InChI is InChI=1S/C46H28S/c1-2-13-30(14-3-1)44-36-19-6-8-21-38(36)45(39-22-9-7-20-37(39)44)33-17-10-15-31(26-33)34-23-11-16-32-27-41-43(28-40(32)34)47-42-25-24-29-12-4-5-18-35(29)46(41)42/h1-28H. The molecule has 1 aromatic heterocycles. The van der Waals surface area contributed by atoms with Crippen molar-refractivity contribution in [3.63, 3.8) is 0 Å². The van der Waals surface area contributed by atoms with Crippen LogP contribution in [0, 0.1) is 0 Å².